The number of esters is 1. The molecule has 1 N–H and O–H groups in total. The molecular formula is C6H11NO2. The third-order valence-corrected chi connectivity index (χ3v) is 1.40. The van der Waals surface area contributed by atoms with Crippen LogP contribution in [0.4, 0.5) is 0 Å². The van der Waals surface area contributed by atoms with Gasteiger partial charge in [-0.1, -0.05) is 0 Å². The van der Waals surface area contributed by atoms with Gasteiger partial charge in [0.2, 0.25) is 0 Å². The standard InChI is InChI=1S/C6H11NO2/c1-2-9-6(8)5-3-7-4-5/h5,7H,2-4H2,1H3. The van der Waals surface area contributed by atoms with Crippen LogP contribution < -0.4 is 5.32 Å². The smallest absolute Gasteiger partial charge is 0.311 e. The van der Waals surface area contributed by atoms with Gasteiger partial charge in [-0.15, -0.1) is 0 Å². The third kappa shape index (κ3) is 1.42. The zero-order valence-electron chi connectivity index (χ0n) is 5.52. The van der Waals surface area contributed by atoms with Gasteiger partial charge in [0.15, 0.2) is 0 Å². The van der Waals surface area contributed by atoms with Crippen molar-refractivity contribution < 1.29 is 9.53 Å². The summed E-state index contributed by atoms with van der Waals surface area (Å²) in [4.78, 5) is 10.8. The minimum atomic E-state index is -0.0590. The number of hydrogen-bond donors (Lipinski definition) is 1. The van der Waals surface area contributed by atoms with E-state index in [4.69, 9.17) is 4.74 Å². The molecule has 0 spiro atoms. The van der Waals surface area contributed by atoms with Gasteiger partial charge in [-0.3, -0.25) is 4.79 Å². The van der Waals surface area contributed by atoms with Crippen LogP contribution in [0.5, 0.6) is 0 Å². The van der Waals surface area contributed by atoms with Crippen molar-refractivity contribution in [2.75, 3.05) is 19.7 Å². The van der Waals surface area contributed by atoms with Gasteiger partial charge in [0.05, 0.1) is 12.5 Å². The summed E-state index contributed by atoms with van der Waals surface area (Å²) >= 11 is 0. The van der Waals surface area contributed by atoms with E-state index in [9.17, 15) is 4.79 Å². The first-order valence-electron chi connectivity index (χ1n) is 3.22. The summed E-state index contributed by atoms with van der Waals surface area (Å²) in [5, 5.41) is 3.00. The molecule has 3 heteroatoms. The summed E-state index contributed by atoms with van der Waals surface area (Å²) in [5.74, 6) is 0.0706. The van der Waals surface area contributed by atoms with Crippen LogP contribution in [0.15, 0.2) is 0 Å². The molecule has 0 aromatic carbocycles. The topological polar surface area (TPSA) is 38.3 Å². The van der Waals surface area contributed by atoms with Crippen molar-refractivity contribution in [3.05, 3.63) is 0 Å². The molecule has 0 radical (unpaired) electrons. The van der Waals surface area contributed by atoms with Gasteiger partial charge in [-0.05, 0) is 6.92 Å². The largest absolute Gasteiger partial charge is 0.466 e. The molecule has 9 heavy (non-hydrogen) atoms. The Morgan fingerprint density at radius 1 is 1.78 bits per heavy atom. The first kappa shape index (κ1) is 6.55. The molecule has 1 aliphatic heterocycles. The molecule has 0 aromatic rings. The van der Waals surface area contributed by atoms with E-state index in [1.807, 2.05) is 6.92 Å². The molecule has 1 aliphatic rings. The maximum Gasteiger partial charge on any atom is 0.311 e. The van der Waals surface area contributed by atoms with E-state index in [2.05, 4.69) is 5.32 Å². The van der Waals surface area contributed by atoms with Crippen LogP contribution in [0.2, 0.25) is 0 Å². The quantitative estimate of drug-likeness (QED) is 0.523. The number of carbonyl (C=O) groups is 1. The van der Waals surface area contributed by atoms with Crippen molar-refractivity contribution in [2.45, 2.75) is 6.92 Å². The Bertz CT molecular complexity index is 110. The normalized spacial score (nSPS) is 18.8. The number of ether oxygens (including phenoxy) is 1. The molecule has 0 unspecified atom stereocenters. The fraction of sp³-hybridized carbons (Fsp3) is 0.833. The van der Waals surface area contributed by atoms with Gasteiger partial charge in [0.1, 0.15) is 0 Å². The number of rotatable bonds is 2. The Labute approximate surface area is 54.4 Å². The predicted octanol–water partition coefficient (Wildman–Crippen LogP) is -0.231. The average Bonchev–Trinajstić information content (AvgIpc) is 1.60. The third-order valence-electron chi connectivity index (χ3n) is 1.40. The van der Waals surface area contributed by atoms with Crippen LogP contribution in [-0.2, 0) is 9.53 Å². The lowest BCUT2D eigenvalue weighted by Gasteiger charge is -2.24. The average molecular weight is 129 g/mol. The SMILES string of the molecule is CCOC(=O)C1CNC1. The Balaban J connectivity index is 2.16. The van der Waals surface area contributed by atoms with Crippen molar-refractivity contribution in [1.29, 1.82) is 0 Å². The first-order valence-corrected chi connectivity index (χ1v) is 3.22. The molecule has 0 bridgehead atoms. The van der Waals surface area contributed by atoms with Gasteiger partial charge in [0, 0.05) is 13.1 Å². The maximum atomic E-state index is 10.8. The number of nitrogens with one attached hydrogen (secondary N) is 1. The minimum Gasteiger partial charge on any atom is -0.466 e. The van der Waals surface area contributed by atoms with Crippen molar-refractivity contribution in [1.82, 2.24) is 5.32 Å². The summed E-state index contributed by atoms with van der Waals surface area (Å²) in [6, 6.07) is 0. The van der Waals surface area contributed by atoms with Gasteiger partial charge in [0.25, 0.3) is 0 Å². The summed E-state index contributed by atoms with van der Waals surface area (Å²) in [6.45, 7) is 3.90. The zero-order chi connectivity index (χ0) is 6.69. The Kier molecular flexibility index (Phi) is 2.05. The number of carbonyl (C=O) groups excluding carboxylic acids is 1. The molecule has 0 aromatic heterocycles. The highest BCUT2D eigenvalue weighted by Gasteiger charge is 2.25. The highest BCUT2D eigenvalue weighted by molar-refractivity contribution is 5.73. The van der Waals surface area contributed by atoms with Crippen LogP contribution in [0.3, 0.4) is 0 Å². The predicted molar refractivity (Wildman–Crippen MR) is 33.0 cm³/mol. The summed E-state index contributed by atoms with van der Waals surface area (Å²) in [7, 11) is 0. The van der Waals surface area contributed by atoms with E-state index in [-0.39, 0.29) is 11.9 Å². The Morgan fingerprint density at radius 2 is 2.44 bits per heavy atom. The van der Waals surface area contributed by atoms with E-state index >= 15 is 0 Å². The van der Waals surface area contributed by atoms with Crippen LogP contribution in [0.25, 0.3) is 0 Å². The highest BCUT2D eigenvalue weighted by atomic mass is 16.5. The van der Waals surface area contributed by atoms with Crippen molar-refractivity contribution in [3.63, 3.8) is 0 Å². The molecule has 1 heterocycles. The van der Waals surface area contributed by atoms with E-state index in [0.717, 1.165) is 13.1 Å². The monoisotopic (exact) mass is 129 g/mol. The zero-order valence-corrected chi connectivity index (χ0v) is 5.52. The second-order valence-corrected chi connectivity index (χ2v) is 2.11. The molecular weight excluding hydrogens is 118 g/mol. The lowest BCUT2D eigenvalue weighted by atomic mass is 10.0. The van der Waals surface area contributed by atoms with E-state index < -0.39 is 0 Å². The summed E-state index contributed by atoms with van der Waals surface area (Å²) < 4.78 is 4.77. The first-order chi connectivity index (χ1) is 4.34. The van der Waals surface area contributed by atoms with Crippen molar-refractivity contribution in [2.24, 2.45) is 5.92 Å². The molecule has 1 rings (SSSR count). The molecule has 52 valence electrons. The second-order valence-electron chi connectivity index (χ2n) is 2.11. The lowest BCUT2D eigenvalue weighted by molar-refractivity contribution is -0.149. The van der Waals surface area contributed by atoms with Gasteiger partial charge < -0.3 is 10.1 Å². The van der Waals surface area contributed by atoms with Crippen LogP contribution in [0, 0.1) is 5.92 Å². The second kappa shape index (κ2) is 2.82. The molecule has 0 saturated carbocycles. The van der Waals surface area contributed by atoms with Crippen LogP contribution in [-0.4, -0.2) is 25.7 Å². The lowest BCUT2D eigenvalue weighted by Crippen LogP contribution is -2.47. The molecule has 0 atom stereocenters. The Hall–Kier alpha value is -0.570. The summed E-state index contributed by atoms with van der Waals surface area (Å²) in [5.41, 5.74) is 0. The number of hydrogen-bond acceptors (Lipinski definition) is 3. The van der Waals surface area contributed by atoms with Crippen molar-refractivity contribution in [3.8, 4) is 0 Å². The van der Waals surface area contributed by atoms with E-state index in [1.165, 1.54) is 0 Å². The van der Waals surface area contributed by atoms with Gasteiger partial charge >= 0.3 is 5.97 Å². The van der Waals surface area contributed by atoms with Gasteiger partial charge in [-0.2, -0.15) is 0 Å². The fourth-order valence-electron chi connectivity index (χ4n) is 0.715. The van der Waals surface area contributed by atoms with Gasteiger partial charge in [-0.25, -0.2) is 0 Å². The fourth-order valence-corrected chi connectivity index (χ4v) is 0.715. The summed E-state index contributed by atoms with van der Waals surface area (Å²) in [6.07, 6.45) is 0. The molecule has 1 fully saturated rings. The van der Waals surface area contributed by atoms with Crippen LogP contribution in [0.1, 0.15) is 6.92 Å². The highest BCUT2D eigenvalue weighted by Crippen LogP contribution is 2.04. The minimum absolute atomic E-state index is 0.0590. The molecule has 0 amide bonds. The molecule has 3 nitrogen and oxygen atoms in total. The molecule has 1 saturated heterocycles. The molecule has 0 aliphatic carbocycles. The van der Waals surface area contributed by atoms with Crippen LogP contribution >= 0.6 is 0 Å². The van der Waals surface area contributed by atoms with E-state index in [1.54, 1.807) is 0 Å². The van der Waals surface area contributed by atoms with Crippen molar-refractivity contribution >= 4 is 5.97 Å². The Morgan fingerprint density at radius 3 is 2.78 bits per heavy atom. The van der Waals surface area contributed by atoms with E-state index in [0.29, 0.717) is 6.61 Å². The maximum absolute atomic E-state index is 10.8.